The molecule has 5 aromatic rings. The molecule has 170 valence electrons. The van der Waals surface area contributed by atoms with Crippen molar-refractivity contribution < 1.29 is 0 Å². The minimum atomic E-state index is -0.199. The topological polar surface area (TPSA) is 69.3 Å². The number of halogens is 1. The van der Waals surface area contributed by atoms with E-state index in [1.807, 2.05) is 42.5 Å². The molecule has 0 aliphatic heterocycles. The lowest BCUT2D eigenvalue weighted by Gasteiger charge is -2.13. The van der Waals surface area contributed by atoms with Crippen molar-refractivity contribution in [2.24, 2.45) is 0 Å². The number of aromatic nitrogens is 4. The van der Waals surface area contributed by atoms with Crippen LogP contribution in [0.3, 0.4) is 0 Å². The van der Waals surface area contributed by atoms with Gasteiger partial charge in [-0.05, 0) is 42.7 Å². The lowest BCUT2D eigenvalue weighted by atomic mass is 10.1. The molecule has 0 atom stereocenters. The van der Waals surface area contributed by atoms with Gasteiger partial charge >= 0.3 is 0 Å². The smallest absolute Gasteiger partial charge is 0.262 e. The Balaban J connectivity index is 1.44. The molecule has 8 heteroatoms. The van der Waals surface area contributed by atoms with Gasteiger partial charge in [0.2, 0.25) is 0 Å². The van der Waals surface area contributed by atoms with Crippen molar-refractivity contribution in [2.45, 2.75) is 30.3 Å². The highest BCUT2D eigenvalue weighted by molar-refractivity contribution is 7.98. The average Bonchev–Trinajstić information content (AvgIpc) is 2.85. The van der Waals surface area contributed by atoms with Gasteiger partial charge in [0.1, 0.15) is 5.65 Å². The number of fused-ring (bicyclic) bond motifs is 2. The van der Waals surface area contributed by atoms with Crippen LogP contribution >= 0.6 is 23.4 Å². The van der Waals surface area contributed by atoms with Crippen LogP contribution < -0.4 is 11.1 Å². The Morgan fingerprint density at radius 2 is 1.71 bits per heavy atom. The first-order chi connectivity index (χ1) is 16.6. The van der Waals surface area contributed by atoms with Crippen LogP contribution in [-0.2, 0) is 18.7 Å². The van der Waals surface area contributed by atoms with Crippen molar-refractivity contribution in [3.8, 4) is 0 Å². The molecule has 0 unspecified atom stereocenters. The second-order valence-corrected chi connectivity index (χ2v) is 9.29. The summed E-state index contributed by atoms with van der Waals surface area (Å²) in [7, 11) is 0. The fourth-order valence-corrected chi connectivity index (χ4v) is 4.96. The van der Waals surface area contributed by atoms with Crippen molar-refractivity contribution in [3.05, 3.63) is 116 Å². The number of aryl methyl sites for hydroxylation is 1. The van der Waals surface area contributed by atoms with Crippen molar-refractivity contribution in [1.82, 2.24) is 18.9 Å². The van der Waals surface area contributed by atoms with Crippen molar-refractivity contribution >= 4 is 39.9 Å². The number of thioether (sulfide) groups is 1. The zero-order valence-electron chi connectivity index (χ0n) is 18.2. The van der Waals surface area contributed by atoms with Crippen LogP contribution in [0.1, 0.15) is 17.7 Å². The van der Waals surface area contributed by atoms with Crippen LogP contribution in [-0.4, -0.2) is 18.9 Å². The van der Waals surface area contributed by atoms with Crippen LogP contribution in [0.4, 0.5) is 0 Å². The summed E-state index contributed by atoms with van der Waals surface area (Å²) in [6, 6.07) is 22.5. The van der Waals surface area contributed by atoms with Crippen LogP contribution in [0.15, 0.2) is 93.7 Å². The Kier molecular flexibility index (Phi) is 6.47. The Hall–Kier alpha value is -3.42. The molecule has 3 aromatic heterocycles. The van der Waals surface area contributed by atoms with Crippen LogP contribution in [0.5, 0.6) is 0 Å². The molecule has 0 spiro atoms. The maximum atomic E-state index is 13.3. The van der Waals surface area contributed by atoms with Gasteiger partial charge in [0, 0.05) is 24.6 Å². The van der Waals surface area contributed by atoms with Gasteiger partial charge in [-0.1, -0.05) is 65.8 Å². The van der Waals surface area contributed by atoms with E-state index in [1.54, 1.807) is 22.9 Å². The number of hydrogen-bond donors (Lipinski definition) is 0. The summed E-state index contributed by atoms with van der Waals surface area (Å²) in [6.45, 7) is 0.556. The van der Waals surface area contributed by atoms with Crippen LogP contribution in [0, 0.1) is 0 Å². The zero-order chi connectivity index (χ0) is 23.5. The average molecular weight is 489 g/mol. The molecule has 0 amide bonds. The maximum absolute atomic E-state index is 13.3. The van der Waals surface area contributed by atoms with Crippen molar-refractivity contribution in [3.63, 3.8) is 0 Å². The van der Waals surface area contributed by atoms with Gasteiger partial charge in [-0.3, -0.25) is 18.6 Å². The summed E-state index contributed by atoms with van der Waals surface area (Å²) in [4.78, 5) is 35.2. The minimum Gasteiger partial charge on any atom is -0.287 e. The third-order valence-electron chi connectivity index (χ3n) is 5.54. The fraction of sp³-hybridized carbons (Fsp3) is 0.154. The number of hydrogen-bond acceptors (Lipinski definition) is 5. The van der Waals surface area contributed by atoms with E-state index >= 15 is 0 Å². The minimum absolute atomic E-state index is 0.0534. The first-order valence-corrected chi connectivity index (χ1v) is 12.3. The highest BCUT2D eigenvalue weighted by atomic mass is 35.5. The molecule has 5 rings (SSSR count). The summed E-state index contributed by atoms with van der Waals surface area (Å²) in [5.41, 5.74) is 2.79. The molecule has 0 aliphatic rings. The van der Waals surface area contributed by atoms with Gasteiger partial charge in [-0.15, -0.1) is 0 Å². The normalized spacial score (nSPS) is 11.3. The number of benzene rings is 2. The lowest BCUT2D eigenvalue weighted by molar-refractivity contribution is 0.564. The number of nitrogens with zero attached hydrogens (tertiary/aromatic N) is 4. The molecule has 2 aromatic carbocycles. The molecule has 0 radical (unpaired) electrons. The van der Waals surface area contributed by atoms with Crippen LogP contribution in [0.25, 0.3) is 16.6 Å². The first kappa shape index (κ1) is 22.4. The first-order valence-electron chi connectivity index (χ1n) is 10.9. The van der Waals surface area contributed by atoms with Gasteiger partial charge in [-0.25, -0.2) is 9.97 Å². The van der Waals surface area contributed by atoms with Gasteiger partial charge in [-0.2, -0.15) is 0 Å². The highest BCUT2D eigenvalue weighted by Crippen LogP contribution is 2.22. The Morgan fingerprint density at radius 3 is 2.56 bits per heavy atom. The van der Waals surface area contributed by atoms with Crippen LogP contribution in [0.2, 0.25) is 5.02 Å². The third-order valence-corrected chi connectivity index (χ3v) is 6.78. The molecule has 0 bridgehead atoms. The van der Waals surface area contributed by atoms with Gasteiger partial charge in [0.15, 0.2) is 5.16 Å². The molecule has 0 N–H and O–H groups in total. The second-order valence-electron chi connectivity index (χ2n) is 7.91. The predicted octanol–water partition coefficient (Wildman–Crippen LogP) is 4.98. The largest absolute Gasteiger partial charge is 0.287 e. The monoisotopic (exact) mass is 488 g/mol. The molecule has 0 aliphatic carbocycles. The lowest BCUT2D eigenvalue weighted by Crippen LogP contribution is -2.24. The molecular weight excluding hydrogens is 468 g/mol. The number of para-hydroxylation sites is 1. The van der Waals surface area contributed by atoms with E-state index in [2.05, 4.69) is 17.1 Å². The Bertz CT molecular complexity index is 1600. The van der Waals surface area contributed by atoms with Gasteiger partial charge < -0.3 is 0 Å². The molecule has 6 nitrogen and oxygen atoms in total. The molecule has 0 saturated heterocycles. The zero-order valence-corrected chi connectivity index (χ0v) is 19.8. The predicted molar refractivity (Wildman–Crippen MR) is 137 cm³/mol. The van der Waals surface area contributed by atoms with E-state index in [4.69, 9.17) is 16.6 Å². The fourth-order valence-electron chi connectivity index (χ4n) is 3.88. The van der Waals surface area contributed by atoms with E-state index in [0.29, 0.717) is 44.7 Å². The maximum Gasteiger partial charge on any atom is 0.262 e. The molecular formula is C26H21ClN4O2S. The van der Waals surface area contributed by atoms with Gasteiger partial charge in [0.05, 0.1) is 21.6 Å². The molecule has 34 heavy (non-hydrogen) atoms. The summed E-state index contributed by atoms with van der Waals surface area (Å²) >= 11 is 7.41. The number of rotatable bonds is 7. The standard InChI is InChI=1S/C26H21ClN4O2S/c27-19-12-13-23-28-20(15-24(32)31(23)16-19)17-34-26-29-22-11-5-4-10-21(22)25(33)30(26)14-6-9-18-7-2-1-3-8-18/h1-5,7-8,10-13,15-16H,6,9,14,17H2. The summed E-state index contributed by atoms with van der Waals surface area (Å²) in [5.74, 6) is 0.415. The number of pyridine rings is 1. The SMILES string of the molecule is O=c1c2ccccc2nc(SCc2cc(=O)n3cc(Cl)ccc3n2)n1CCCc1ccccc1. The van der Waals surface area contributed by atoms with E-state index in [-0.39, 0.29) is 11.1 Å². The summed E-state index contributed by atoms with van der Waals surface area (Å²) < 4.78 is 3.16. The quantitative estimate of drug-likeness (QED) is 0.238. The Morgan fingerprint density at radius 1 is 0.912 bits per heavy atom. The molecule has 0 saturated carbocycles. The van der Waals surface area contributed by atoms with E-state index in [1.165, 1.54) is 27.8 Å². The van der Waals surface area contributed by atoms with Gasteiger partial charge in [0.25, 0.3) is 11.1 Å². The second kappa shape index (κ2) is 9.83. The summed E-state index contributed by atoms with van der Waals surface area (Å²) in [6.07, 6.45) is 3.24. The Labute approximate surface area is 204 Å². The van der Waals surface area contributed by atoms with E-state index in [9.17, 15) is 9.59 Å². The summed E-state index contributed by atoms with van der Waals surface area (Å²) in [5, 5.41) is 1.69. The van der Waals surface area contributed by atoms with E-state index < -0.39 is 0 Å². The highest BCUT2D eigenvalue weighted by Gasteiger charge is 2.13. The van der Waals surface area contributed by atoms with Crippen molar-refractivity contribution in [1.29, 1.82) is 0 Å². The molecule has 3 heterocycles. The van der Waals surface area contributed by atoms with E-state index in [0.717, 1.165) is 12.8 Å². The third kappa shape index (κ3) is 4.76. The van der Waals surface area contributed by atoms with Crippen molar-refractivity contribution in [2.75, 3.05) is 0 Å². The molecule has 0 fully saturated rings.